The molecule has 1 atom stereocenters. The summed E-state index contributed by atoms with van der Waals surface area (Å²) in [5.41, 5.74) is -0.387. The maximum atomic E-state index is 11.7. The first-order valence-corrected chi connectivity index (χ1v) is 8.65. The lowest BCUT2D eigenvalue weighted by Crippen LogP contribution is -2.28. The van der Waals surface area contributed by atoms with E-state index in [9.17, 15) is 4.79 Å². The van der Waals surface area contributed by atoms with Gasteiger partial charge in [0.15, 0.2) is 0 Å². The van der Waals surface area contributed by atoms with Crippen molar-refractivity contribution in [2.24, 2.45) is 0 Å². The number of hydrogen-bond donors (Lipinski definition) is 0. The monoisotopic (exact) mass is 334 g/mol. The van der Waals surface area contributed by atoms with E-state index in [1.54, 1.807) is 0 Å². The smallest absolute Gasteiger partial charge is 0.320 e. The molecule has 0 rings (SSSR count). The molecule has 0 saturated carbocycles. The Morgan fingerprint density at radius 3 is 1.95 bits per heavy atom. The SMILES string of the molecule is CCCCCCCCCCC(Br)C(=O)OC(C)(C)C. The summed E-state index contributed by atoms with van der Waals surface area (Å²) < 4.78 is 5.34. The number of hydrogen-bond acceptors (Lipinski definition) is 2. The summed E-state index contributed by atoms with van der Waals surface area (Å²) in [6, 6.07) is 0. The quantitative estimate of drug-likeness (QED) is 0.294. The van der Waals surface area contributed by atoms with E-state index in [4.69, 9.17) is 4.74 Å². The van der Waals surface area contributed by atoms with Gasteiger partial charge in [0.2, 0.25) is 0 Å². The molecule has 0 saturated heterocycles. The standard InChI is InChI=1S/C16H31BrO2/c1-5-6-7-8-9-10-11-12-13-14(17)15(18)19-16(2,3)4/h14H,5-13H2,1-4H3. The fraction of sp³-hybridized carbons (Fsp3) is 0.938. The van der Waals surface area contributed by atoms with E-state index in [1.165, 1.54) is 44.9 Å². The lowest BCUT2D eigenvalue weighted by molar-refractivity contribution is -0.154. The predicted octanol–water partition coefficient (Wildman–Crippen LogP) is 5.62. The molecule has 0 bridgehead atoms. The van der Waals surface area contributed by atoms with Gasteiger partial charge in [-0.2, -0.15) is 0 Å². The number of unbranched alkanes of at least 4 members (excludes halogenated alkanes) is 7. The Kier molecular flexibility index (Phi) is 10.7. The van der Waals surface area contributed by atoms with Crippen LogP contribution in [0, 0.1) is 0 Å². The second-order valence-corrected chi connectivity index (χ2v) is 7.37. The molecule has 0 aromatic rings. The zero-order valence-electron chi connectivity index (χ0n) is 13.1. The molecule has 0 N–H and O–H groups in total. The molecule has 0 spiro atoms. The topological polar surface area (TPSA) is 26.3 Å². The van der Waals surface area contributed by atoms with Gasteiger partial charge in [-0.25, -0.2) is 0 Å². The second-order valence-electron chi connectivity index (χ2n) is 6.26. The Hall–Kier alpha value is -0.0500. The third-order valence-corrected chi connectivity index (χ3v) is 3.81. The van der Waals surface area contributed by atoms with Gasteiger partial charge < -0.3 is 4.74 Å². The van der Waals surface area contributed by atoms with E-state index in [0.29, 0.717) is 0 Å². The molecule has 2 nitrogen and oxygen atoms in total. The minimum absolute atomic E-state index is 0.129. The summed E-state index contributed by atoms with van der Waals surface area (Å²) in [6.07, 6.45) is 11.2. The molecule has 0 heterocycles. The Labute approximate surface area is 127 Å². The highest BCUT2D eigenvalue weighted by molar-refractivity contribution is 9.10. The second kappa shape index (κ2) is 10.7. The zero-order valence-corrected chi connectivity index (χ0v) is 14.7. The molecular weight excluding hydrogens is 304 g/mol. The summed E-state index contributed by atoms with van der Waals surface area (Å²) in [5, 5.41) is 0. The van der Waals surface area contributed by atoms with Crippen LogP contribution in [-0.4, -0.2) is 16.4 Å². The van der Waals surface area contributed by atoms with E-state index >= 15 is 0 Å². The highest BCUT2D eigenvalue weighted by Gasteiger charge is 2.22. The molecule has 0 amide bonds. The number of ether oxygens (including phenoxy) is 1. The van der Waals surface area contributed by atoms with Crippen molar-refractivity contribution in [3.63, 3.8) is 0 Å². The lowest BCUT2D eigenvalue weighted by Gasteiger charge is -2.21. The highest BCUT2D eigenvalue weighted by Crippen LogP contribution is 2.18. The fourth-order valence-electron chi connectivity index (χ4n) is 1.94. The van der Waals surface area contributed by atoms with Gasteiger partial charge in [0, 0.05) is 0 Å². The van der Waals surface area contributed by atoms with Crippen LogP contribution in [0.1, 0.15) is 85.5 Å². The van der Waals surface area contributed by atoms with Crippen molar-refractivity contribution in [3.05, 3.63) is 0 Å². The Morgan fingerprint density at radius 1 is 1.00 bits per heavy atom. The van der Waals surface area contributed by atoms with Crippen molar-refractivity contribution in [1.29, 1.82) is 0 Å². The highest BCUT2D eigenvalue weighted by atomic mass is 79.9. The average Bonchev–Trinajstić information content (AvgIpc) is 2.30. The minimum atomic E-state index is -0.387. The summed E-state index contributed by atoms with van der Waals surface area (Å²) >= 11 is 3.42. The number of alkyl halides is 1. The maximum Gasteiger partial charge on any atom is 0.320 e. The molecule has 19 heavy (non-hydrogen) atoms. The van der Waals surface area contributed by atoms with E-state index in [2.05, 4.69) is 22.9 Å². The van der Waals surface area contributed by atoms with Gasteiger partial charge in [0.1, 0.15) is 10.4 Å². The van der Waals surface area contributed by atoms with Gasteiger partial charge in [0.05, 0.1) is 0 Å². The van der Waals surface area contributed by atoms with Crippen LogP contribution in [0.4, 0.5) is 0 Å². The van der Waals surface area contributed by atoms with Crippen LogP contribution in [0.5, 0.6) is 0 Å². The molecule has 0 aliphatic rings. The molecule has 0 aromatic carbocycles. The van der Waals surface area contributed by atoms with Crippen molar-refractivity contribution >= 4 is 21.9 Å². The van der Waals surface area contributed by atoms with Crippen molar-refractivity contribution in [3.8, 4) is 0 Å². The molecule has 0 aliphatic carbocycles. The van der Waals surface area contributed by atoms with Gasteiger partial charge in [-0.05, 0) is 27.2 Å². The number of carbonyl (C=O) groups is 1. The molecule has 0 fully saturated rings. The molecule has 1 unspecified atom stereocenters. The maximum absolute atomic E-state index is 11.7. The Bertz CT molecular complexity index is 233. The number of carbonyl (C=O) groups excluding carboxylic acids is 1. The first-order chi connectivity index (χ1) is 8.87. The number of rotatable bonds is 10. The number of esters is 1. The van der Waals surface area contributed by atoms with E-state index in [-0.39, 0.29) is 16.4 Å². The first kappa shape index (κ1) is 18.9. The third kappa shape index (κ3) is 12.7. The average molecular weight is 335 g/mol. The molecule has 0 aliphatic heterocycles. The van der Waals surface area contributed by atoms with E-state index in [1.807, 2.05) is 20.8 Å². The summed E-state index contributed by atoms with van der Waals surface area (Å²) in [6.45, 7) is 7.95. The normalized spacial score (nSPS) is 13.3. The molecule has 114 valence electrons. The molecule has 3 heteroatoms. The van der Waals surface area contributed by atoms with Gasteiger partial charge in [-0.15, -0.1) is 0 Å². The Balaban J connectivity index is 3.48. The van der Waals surface area contributed by atoms with Gasteiger partial charge >= 0.3 is 5.97 Å². The largest absolute Gasteiger partial charge is 0.459 e. The van der Waals surface area contributed by atoms with Crippen LogP contribution >= 0.6 is 15.9 Å². The molecule has 0 aromatic heterocycles. The number of halogens is 1. The van der Waals surface area contributed by atoms with Crippen LogP contribution < -0.4 is 0 Å². The van der Waals surface area contributed by atoms with Crippen molar-refractivity contribution < 1.29 is 9.53 Å². The van der Waals surface area contributed by atoms with E-state index < -0.39 is 0 Å². The molecular formula is C16H31BrO2. The van der Waals surface area contributed by atoms with Crippen LogP contribution in [0.3, 0.4) is 0 Å². The lowest BCUT2D eigenvalue weighted by atomic mass is 10.1. The van der Waals surface area contributed by atoms with Crippen molar-refractivity contribution in [2.45, 2.75) is 95.9 Å². The third-order valence-electron chi connectivity index (χ3n) is 2.97. The first-order valence-electron chi connectivity index (χ1n) is 7.73. The van der Waals surface area contributed by atoms with Crippen molar-refractivity contribution in [1.82, 2.24) is 0 Å². The van der Waals surface area contributed by atoms with Gasteiger partial charge in [0.25, 0.3) is 0 Å². The Morgan fingerprint density at radius 2 is 1.47 bits per heavy atom. The minimum Gasteiger partial charge on any atom is -0.459 e. The zero-order chi connectivity index (χ0) is 14.7. The van der Waals surface area contributed by atoms with Crippen LogP contribution in [0.2, 0.25) is 0 Å². The van der Waals surface area contributed by atoms with Crippen LogP contribution in [0.25, 0.3) is 0 Å². The van der Waals surface area contributed by atoms with Crippen LogP contribution in [-0.2, 0) is 9.53 Å². The van der Waals surface area contributed by atoms with E-state index in [0.717, 1.165) is 12.8 Å². The predicted molar refractivity (Wildman–Crippen MR) is 85.8 cm³/mol. The van der Waals surface area contributed by atoms with Gasteiger partial charge in [-0.3, -0.25) is 4.79 Å². The molecule has 0 radical (unpaired) electrons. The summed E-state index contributed by atoms with van der Waals surface area (Å²) in [4.78, 5) is 11.6. The fourth-order valence-corrected chi connectivity index (χ4v) is 2.36. The summed E-state index contributed by atoms with van der Waals surface area (Å²) in [7, 11) is 0. The summed E-state index contributed by atoms with van der Waals surface area (Å²) in [5.74, 6) is -0.129. The van der Waals surface area contributed by atoms with Crippen LogP contribution in [0.15, 0.2) is 0 Å². The van der Waals surface area contributed by atoms with Crippen molar-refractivity contribution in [2.75, 3.05) is 0 Å². The van der Waals surface area contributed by atoms with Gasteiger partial charge in [-0.1, -0.05) is 74.2 Å².